The normalized spacial score (nSPS) is 11.2. The Hall–Kier alpha value is -3.80. The van der Waals surface area contributed by atoms with Gasteiger partial charge in [0, 0.05) is 5.69 Å². The number of carbonyl (C=O) groups is 2. The number of hydrogen-bond acceptors (Lipinski definition) is 5. The van der Waals surface area contributed by atoms with E-state index < -0.39 is 24.6 Å². The van der Waals surface area contributed by atoms with Gasteiger partial charge in [-0.05, 0) is 55.0 Å². The summed E-state index contributed by atoms with van der Waals surface area (Å²) in [4.78, 5) is 24.3. The predicted molar refractivity (Wildman–Crippen MR) is 114 cm³/mol. The second-order valence-electron chi connectivity index (χ2n) is 6.42. The Kier molecular flexibility index (Phi) is 7.44. The number of rotatable bonds is 9. The number of esters is 1. The molecule has 0 aliphatic carbocycles. The van der Waals surface area contributed by atoms with Gasteiger partial charge in [0.15, 0.2) is 12.7 Å². The van der Waals surface area contributed by atoms with E-state index in [0.717, 1.165) is 5.75 Å². The Morgan fingerprint density at radius 1 is 0.800 bits per heavy atom. The van der Waals surface area contributed by atoms with Gasteiger partial charge in [-0.3, -0.25) is 4.79 Å². The molecule has 1 N–H and O–H groups in total. The highest BCUT2D eigenvalue weighted by atomic mass is 16.6. The van der Waals surface area contributed by atoms with Crippen molar-refractivity contribution in [2.45, 2.75) is 19.4 Å². The SMILES string of the molecule is CC[C@@H](Oc1ccccc1)C(=O)OCC(=O)Nc1ccc(Oc2ccccc2)cc1. The van der Waals surface area contributed by atoms with Gasteiger partial charge in [0.05, 0.1) is 0 Å². The molecule has 0 aromatic heterocycles. The van der Waals surface area contributed by atoms with Crippen LogP contribution in [-0.2, 0) is 14.3 Å². The summed E-state index contributed by atoms with van der Waals surface area (Å²) in [6, 6.07) is 25.3. The second-order valence-corrected chi connectivity index (χ2v) is 6.42. The molecule has 0 heterocycles. The molecule has 0 fully saturated rings. The Labute approximate surface area is 175 Å². The molecule has 3 aromatic carbocycles. The second kappa shape index (κ2) is 10.7. The lowest BCUT2D eigenvalue weighted by Gasteiger charge is -2.16. The minimum absolute atomic E-state index is 0.393. The lowest BCUT2D eigenvalue weighted by molar-refractivity contribution is -0.154. The van der Waals surface area contributed by atoms with Crippen LogP contribution in [0.3, 0.4) is 0 Å². The molecule has 3 aromatic rings. The summed E-state index contributed by atoms with van der Waals surface area (Å²) in [5.74, 6) is 0.931. The van der Waals surface area contributed by atoms with Crippen LogP contribution in [0.15, 0.2) is 84.9 Å². The van der Waals surface area contributed by atoms with Crippen LogP contribution in [0.2, 0.25) is 0 Å². The Morgan fingerprint density at radius 2 is 1.37 bits per heavy atom. The summed E-state index contributed by atoms with van der Waals surface area (Å²) in [5, 5.41) is 2.68. The highest BCUT2D eigenvalue weighted by Crippen LogP contribution is 2.22. The summed E-state index contributed by atoms with van der Waals surface area (Å²) in [6.07, 6.45) is -0.340. The van der Waals surface area contributed by atoms with Crippen LogP contribution < -0.4 is 14.8 Å². The first-order valence-corrected chi connectivity index (χ1v) is 9.65. The third-order valence-electron chi connectivity index (χ3n) is 4.12. The minimum atomic E-state index is -0.769. The first kappa shape index (κ1) is 20.9. The van der Waals surface area contributed by atoms with Crippen LogP contribution in [0.25, 0.3) is 0 Å². The maximum atomic E-state index is 12.2. The number of carbonyl (C=O) groups excluding carboxylic acids is 2. The maximum Gasteiger partial charge on any atom is 0.347 e. The average Bonchev–Trinajstić information content (AvgIpc) is 2.78. The van der Waals surface area contributed by atoms with E-state index in [1.165, 1.54) is 0 Å². The number of ether oxygens (including phenoxy) is 3. The van der Waals surface area contributed by atoms with Gasteiger partial charge in [-0.2, -0.15) is 0 Å². The molecule has 154 valence electrons. The smallest absolute Gasteiger partial charge is 0.347 e. The van der Waals surface area contributed by atoms with Gasteiger partial charge in [0.25, 0.3) is 5.91 Å². The van der Waals surface area contributed by atoms with E-state index in [1.807, 2.05) is 55.5 Å². The monoisotopic (exact) mass is 405 g/mol. The van der Waals surface area contributed by atoms with E-state index >= 15 is 0 Å². The van der Waals surface area contributed by atoms with Gasteiger partial charge in [-0.15, -0.1) is 0 Å². The van der Waals surface area contributed by atoms with E-state index in [0.29, 0.717) is 23.6 Å². The van der Waals surface area contributed by atoms with Crippen LogP contribution in [0, 0.1) is 0 Å². The lowest BCUT2D eigenvalue weighted by Crippen LogP contribution is -2.31. The zero-order valence-corrected chi connectivity index (χ0v) is 16.6. The fourth-order valence-corrected chi connectivity index (χ4v) is 2.62. The number of hydrogen-bond donors (Lipinski definition) is 1. The molecule has 1 amide bonds. The first-order valence-electron chi connectivity index (χ1n) is 9.65. The molecular weight excluding hydrogens is 382 g/mol. The van der Waals surface area contributed by atoms with Crippen molar-refractivity contribution in [1.29, 1.82) is 0 Å². The van der Waals surface area contributed by atoms with Gasteiger partial charge in [0.1, 0.15) is 17.2 Å². The molecule has 3 rings (SSSR count). The van der Waals surface area contributed by atoms with Gasteiger partial charge < -0.3 is 19.5 Å². The summed E-state index contributed by atoms with van der Waals surface area (Å²) in [7, 11) is 0. The molecule has 6 nitrogen and oxygen atoms in total. The Bertz CT molecular complexity index is 942. The van der Waals surface area contributed by atoms with Crippen molar-refractivity contribution in [3.05, 3.63) is 84.9 Å². The van der Waals surface area contributed by atoms with Crippen molar-refractivity contribution in [3.63, 3.8) is 0 Å². The molecule has 0 unspecified atom stereocenters. The van der Waals surface area contributed by atoms with Crippen LogP contribution in [-0.4, -0.2) is 24.6 Å². The van der Waals surface area contributed by atoms with Crippen LogP contribution in [0.1, 0.15) is 13.3 Å². The molecule has 30 heavy (non-hydrogen) atoms. The van der Waals surface area contributed by atoms with E-state index in [-0.39, 0.29) is 0 Å². The summed E-state index contributed by atoms with van der Waals surface area (Å²) in [5.41, 5.74) is 0.573. The van der Waals surface area contributed by atoms with Crippen LogP contribution >= 0.6 is 0 Å². The maximum absolute atomic E-state index is 12.2. The van der Waals surface area contributed by atoms with Gasteiger partial charge in [0.2, 0.25) is 0 Å². The number of para-hydroxylation sites is 2. The number of nitrogens with one attached hydrogen (secondary N) is 1. The van der Waals surface area contributed by atoms with E-state index in [9.17, 15) is 9.59 Å². The van der Waals surface area contributed by atoms with E-state index in [4.69, 9.17) is 14.2 Å². The Balaban J connectivity index is 1.46. The minimum Gasteiger partial charge on any atom is -0.479 e. The quantitative estimate of drug-likeness (QED) is 0.517. The molecule has 0 spiro atoms. The average molecular weight is 405 g/mol. The molecular formula is C24H23NO5. The third-order valence-corrected chi connectivity index (χ3v) is 4.12. The molecule has 0 aliphatic rings. The summed E-state index contributed by atoms with van der Waals surface area (Å²) in [6.45, 7) is 1.42. The van der Waals surface area contributed by atoms with Crippen LogP contribution in [0.5, 0.6) is 17.2 Å². The van der Waals surface area contributed by atoms with Gasteiger partial charge in [-0.25, -0.2) is 4.79 Å². The standard InChI is InChI=1S/C24H23NO5/c1-2-22(30-20-11-7-4-8-12-20)24(27)28-17-23(26)25-18-13-15-21(16-14-18)29-19-9-5-3-6-10-19/h3-16,22H,2,17H2,1H3,(H,25,26)/t22-/m1/s1. The Morgan fingerprint density at radius 3 is 1.97 bits per heavy atom. The third kappa shape index (κ3) is 6.38. The fourth-order valence-electron chi connectivity index (χ4n) is 2.62. The molecule has 0 bridgehead atoms. The summed E-state index contributed by atoms with van der Waals surface area (Å²) < 4.78 is 16.4. The van der Waals surface area contributed by atoms with Crippen molar-refractivity contribution < 1.29 is 23.8 Å². The number of benzene rings is 3. The molecule has 6 heteroatoms. The topological polar surface area (TPSA) is 73.9 Å². The van der Waals surface area contributed by atoms with Gasteiger partial charge in [-0.1, -0.05) is 43.3 Å². The van der Waals surface area contributed by atoms with Gasteiger partial charge >= 0.3 is 5.97 Å². The van der Waals surface area contributed by atoms with Crippen molar-refractivity contribution in [1.82, 2.24) is 0 Å². The number of amides is 1. The molecule has 0 aliphatic heterocycles. The first-order chi connectivity index (χ1) is 14.6. The highest BCUT2D eigenvalue weighted by Gasteiger charge is 2.21. The van der Waals surface area contributed by atoms with Crippen molar-refractivity contribution in [2.75, 3.05) is 11.9 Å². The molecule has 0 saturated carbocycles. The van der Waals surface area contributed by atoms with Crippen molar-refractivity contribution in [3.8, 4) is 17.2 Å². The molecule has 1 atom stereocenters. The van der Waals surface area contributed by atoms with E-state index in [1.54, 1.807) is 36.4 Å². The zero-order valence-electron chi connectivity index (χ0n) is 16.6. The van der Waals surface area contributed by atoms with Crippen LogP contribution in [0.4, 0.5) is 5.69 Å². The van der Waals surface area contributed by atoms with E-state index in [2.05, 4.69) is 5.32 Å². The molecule has 0 saturated heterocycles. The lowest BCUT2D eigenvalue weighted by atomic mass is 10.2. The van der Waals surface area contributed by atoms with Crippen molar-refractivity contribution in [2.24, 2.45) is 0 Å². The predicted octanol–water partition coefficient (Wildman–Crippen LogP) is 4.82. The van der Waals surface area contributed by atoms with Crippen molar-refractivity contribution >= 4 is 17.6 Å². The number of anilines is 1. The highest BCUT2D eigenvalue weighted by molar-refractivity contribution is 5.93. The molecule has 0 radical (unpaired) electrons. The zero-order chi connectivity index (χ0) is 21.2. The largest absolute Gasteiger partial charge is 0.479 e. The fraction of sp³-hybridized carbons (Fsp3) is 0.167. The summed E-state index contributed by atoms with van der Waals surface area (Å²) >= 11 is 0.